The van der Waals surface area contributed by atoms with Crippen molar-refractivity contribution in [3.05, 3.63) is 42.1 Å². The number of amides is 2. The standard InChI is InChI=1S/C19H24N4O2/c1-2-19(11-9-17(25)22-19)10-8-16(24)20-12-15-13-21-23-18(15)14-6-4-3-5-7-14/h3-7,13H,2,8-12H2,1H3,(H,20,24)(H,21,23)(H,22,25)/t19-/m0/s1. The summed E-state index contributed by atoms with van der Waals surface area (Å²) >= 11 is 0. The number of nitrogens with zero attached hydrogens (tertiary/aromatic N) is 1. The van der Waals surface area contributed by atoms with Crippen molar-refractivity contribution in [1.82, 2.24) is 20.8 Å². The molecule has 6 nitrogen and oxygen atoms in total. The molecule has 1 saturated heterocycles. The highest BCUT2D eigenvalue weighted by Crippen LogP contribution is 2.28. The number of benzene rings is 1. The number of aromatic nitrogens is 2. The van der Waals surface area contributed by atoms with Gasteiger partial charge in [-0.2, -0.15) is 5.10 Å². The van der Waals surface area contributed by atoms with Gasteiger partial charge >= 0.3 is 0 Å². The highest BCUT2D eigenvalue weighted by Gasteiger charge is 2.35. The molecule has 1 atom stereocenters. The van der Waals surface area contributed by atoms with E-state index in [1.165, 1.54) is 0 Å². The average Bonchev–Trinajstić information content (AvgIpc) is 3.26. The Morgan fingerprint density at radius 2 is 2.12 bits per heavy atom. The predicted octanol–water partition coefficient (Wildman–Crippen LogP) is 2.53. The number of nitrogens with one attached hydrogen (secondary N) is 3. The zero-order valence-corrected chi connectivity index (χ0v) is 14.5. The smallest absolute Gasteiger partial charge is 0.220 e. The van der Waals surface area contributed by atoms with E-state index in [1.807, 2.05) is 30.3 Å². The van der Waals surface area contributed by atoms with Gasteiger partial charge in [-0.25, -0.2) is 0 Å². The summed E-state index contributed by atoms with van der Waals surface area (Å²) in [5, 5.41) is 13.1. The Morgan fingerprint density at radius 3 is 2.80 bits per heavy atom. The van der Waals surface area contributed by atoms with E-state index < -0.39 is 0 Å². The molecule has 0 bridgehead atoms. The summed E-state index contributed by atoms with van der Waals surface area (Å²) in [6.07, 6.45) is 5.06. The second-order valence-corrected chi connectivity index (χ2v) is 6.60. The van der Waals surface area contributed by atoms with Crippen LogP contribution in [-0.2, 0) is 16.1 Å². The van der Waals surface area contributed by atoms with E-state index in [4.69, 9.17) is 0 Å². The molecule has 3 N–H and O–H groups in total. The molecule has 132 valence electrons. The number of carbonyl (C=O) groups excluding carboxylic acids is 2. The van der Waals surface area contributed by atoms with Crippen LogP contribution in [0, 0.1) is 0 Å². The Labute approximate surface area is 147 Å². The zero-order valence-electron chi connectivity index (χ0n) is 14.5. The summed E-state index contributed by atoms with van der Waals surface area (Å²) < 4.78 is 0. The van der Waals surface area contributed by atoms with Crippen molar-refractivity contribution in [2.45, 2.75) is 51.1 Å². The van der Waals surface area contributed by atoms with Gasteiger partial charge in [-0.15, -0.1) is 0 Å². The van der Waals surface area contributed by atoms with Crippen molar-refractivity contribution >= 4 is 11.8 Å². The third-order valence-corrected chi connectivity index (χ3v) is 5.00. The summed E-state index contributed by atoms with van der Waals surface area (Å²) in [5.74, 6) is 0.0855. The minimum absolute atomic E-state index is 0.00538. The van der Waals surface area contributed by atoms with E-state index in [0.717, 1.165) is 29.7 Å². The largest absolute Gasteiger partial charge is 0.352 e. The molecule has 2 aromatic rings. The normalized spacial score (nSPS) is 19.6. The lowest BCUT2D eigenvalue weighted by Crippen LogP contribution is -2.42. The lowest BCUT2D eigenvalue weighted by atomic mass is 9.89. The zero-order chi connectivity index (χ0) is 17.7. The minimum Gasteiger partial charge on any atom is -0.352 e. The van der Waals surface area contributed by atoms with Gasteiger partial charge in [0.25, 0.3) is 0 Å². The lowest BCUT2D eigenvalue weighted by molar-refractivity contribution is -0.122. The van der Waals surface area contributed by atoms with Crippen LogP contribution in [0.25, 0.3) is 11.3 Å². The molecule has 0 saturated carbocycles. The van der Waals surface area contributed by atoms with Crippen LogP contribution in [0.1, 0.15) is 44.6 Å². The number of hydrogen-bond acceptors (Lipinski definition) is 3. The lowest BCUT2D eigenvalue weighted by Gasteiger charge is -2.27. The van der Waals surface area contributed by atoms with Crippen LogP contribution in [0.3, 0.4) is 0 Å². The van der Waals surface area contributed by atoms with Gasteiger partial charge < -0.3 is 10.6 Å². The molecule has 2 amide bonds. The van der Waals surface area contributed by atoms with E-state index in [-0.39, 0.29) is 17.4 Å². The molecule has 2 heterocycles. The van der Waals surface area contributed by atoms with Gasteiger partial charge in [0, 0.05) is 30.5 Å². The van der Waals surface area contributed by atoms with E-state index in [2.05, 4.69) is 27.8 Å². The van der Waals surface area contributed by atoms with Crippen molar-refractivity contribution in [1.29, 1.82) is 0 Å². The summed E-state index contributed by atoms with van der Waals surface area (Å²) in [5.41, 5.74) is 2.72. The Morgan fingerprint density at radius 1 is 1.32 bits per heavy atom. The summed E-state index contributed by atoms with van der Waals surface area (Å²) in [7, 11) is 0. The van der Waals surface area contributed by atoms with Crippen LogP contribution >= 0.6 is 0 Å². The molecule has 1 aromatic carbocycles. The molecule has 1 fully saturated rings. The van der Waals surface area contributed by atoms with Gasteiger partial charge in [-0.3, -0.25) is 14.7 Å². The first-order valence-corrected chi connectivity index (χ1v) is 8.77. The second-order valence-electron chi connectivity index (χ2n) is 6.60. The molecule has 0 spiro atoms. The fourth-order valence-corrected chi connectivity index (χ4v) is 3.34. The van der Waals surface area contributed by atoms with Gasteiger partial charge in [-0.1, -0.05) is 37.3 Å². The Kier molecular flexibility index (Phi) is 5.16. The first-order chi connectivity index (χ1) is 12.1. The molecule has 6 heteroatoms. The topological polar surface area (TPSA) is 86.9 Å². The molecule has 0 radical (unpaired) electrons. The molecule has 3 rings (SSSR count). The van der Waals surface area contributed by atoms with E-state index in [1.54, 1.807) is 6.20 Å². The SMILES string of the molecule is CC[C@]1(CCC(=O)NCc2cn[nH]c2-c2ccccc2)CCC(=O)N1. The third-order valence-electron chi connectivity index (χ3n) is 5.00. The van der Waals surface area contributed by atoms with Gasteiger partial charge in [-0.05, 0) is 24.8 Å². The van der Waals surface area contributed by atoms with Crippen molar-refractivity contribution in [2.24, 2.45) is 0 Å². The van der Waals surface area contributed by atoms with Crippen LogP contribution in [0.2, 0.25) is 0 Å². The predicted molar refractivity (Wildman–Crippen MR) is 95.5 cm³/mol. The highest BCUT2D eigenvalue weighted by atomic mass is 16.2. The van der Waals surface area contributed by atoms with Crippen LogP contribution < -0.4 is 10.6 Å². The van der Waals surface area contributed by atoms with Crippen LogP contribution in [0.5, 0.6) is 0 Å². The average molecular weight is 340 g/mol. The van der Waals surface area contributed by atoms with E-state index in [9.17, 15) is 9.59 Å². The first kappa shape index (κ1) is 17.2. The summed E-state index contributed by atoms with van der Waals surface area (Å²) in [4.78, 5) is 23.7. The number of hydrogen-bond donors (Lipinski definition) is 3. The number of H-pyrrole nitrogens is 1. The quantitative estimate of drug-likeness (QED) is 0.724. The Bertz CT molecular complexity index is 741. The second kappa shape index (κ2) is 7.51. The van der Waals surface area contributed by atoms with Gasteiger partial charge in [0.05, 0.1) is 11.9 Å². The maximum Gasteiger partial charge on any atom is 0.220 e. The first-order valence-electron chi connectivity index (χ1n) is 8.77. The number of rotatable bonds is 7. The molecule has 0 aliphatic carbocycles. The number of aromatic amines is 1. The maximum absolute atomic E-state index is 12.2. The molecule has 1 aliphatic rings. The van der Waals surface area contributed by atoms with E-state index >= 15 is 0 Å². The van der Waals surface area contributed by atoms with Gasteiger partial charge in [0.15, 0.2) is 0 Å². The molecule has 1 aliphatic heterocycles. The fourth-order valence-electron chi connectivity index (χ4n) is 3.34. The molecule has 0 unspecified atom stereocenters. The maximum atomic E-state index is 12.2. The molecular formula is C19H24N4O2. The monoisotopic (exact) mass is 340 g/mol. The molecule has 25 heavy (non-hydrogen) atoms. The third kappa shape index (κ3) is 4.07. The van der Waals surface area contributed by atoms with Gasteiger partial charge in [0.1, 0.15) is 0 Å². The number of carbonyl (C=O) groups is 2. The van der Waals surface area contributed by atoms with Gasteiger partial charge in [0.2, 0.25) is 11.8 Å². The van der Waals surface area contributed by atoms with Crippen molar-refractivity contribution in [2.75, 3.05) is 0 Å². The van der Waals surface area contributed by atoms with Crippen molar-refractivity contribution in [3.8, 4) is 11.3 Å². The Hall–Kier alpha value is -2.63. The Balaban J connectivity index is 1.53. The van der Waals surface area contributed by atoms with Crippen molar-refractivity contribution in [3.63, 3.8) is 0 Å². The van der Waals surface area contributed by atoms with E-state index in [0.29, 0.717) is 25.8 Å². The summed E-state index contributed by atoms with van der Waals surface area (Å²) in [6.45, 7) is 2.49. The highest BCUT2D eigenvalue weighted by molar-refractivity contribution is 5.80. The fraction of sp³-hybridized carbons (Fsp3) is 0.421. The molecular weight excluding hydrogens is 316 g/mol. The summed E-state index contributed by atoms with van der Waals surface area (Å²) in [6, 6.07) is 9.92. The van der Waals surface area contributed by atoms with Crippen LogP contribution in [0.15, 0.2) is 36.5 Å². The minimum atomic E-state index is -0.209. The van der Waals surface area contributed by atoms with Crippen molar-refractivity contribution < 1.29 is 9.59 Å². The van der Waals surface area contributed by atoms with Crippen LogP contribution in [0.4, 0.5) is 0 Å². The molecule has 1 aromatic heterocycles. The van der Waals surface area contributed by atoms with Crippen LogP contribution in [-0.4, -0.2) is 27.6 Å².